The summed E-state index contributed by atoms with van der Waals surface area (Å²) < 4.78 is 31.2. The zero-order valence-electron chi connectivity index (χ0n) is 8.27. The second kappa shape index (κ2) is 3.84. The van der Waals surface area contributed by atoms with Gasteiger partial charge in [-0.15, -0.1) is 0 Å². The van der Waals surface area contributed by atoms with Gasteiger partial charge in [-0.25, -0.2) is 8.42 Å². The van der Waals surface area contributed by atoms with Crippen LogP contribution in [0.25, 0.3) is 0 Å². The number of rotatable bonds is 3. The molecule has 14 heavy (non-hydrogen) atoms. The third kappa shape index (κ3) is 2.67. The zero-order chi connectivity index (χ0) is 10.8. The molecule has 0 saturated carbocycles. The van der Waals surface area contributed by atoms with Crippen molar-refractivity contribution >= 4 is 16.8 Å². The van der Waals surface area contributed by atoms with Crippen molar-refractivity contribution in [3.63, 3.8) is 0 Å². The predicted molar refractivity (Wildman–Crippen MR) is 59.2 cm³/mol. The Kier molecular flexibility index (Phi) is 3.13. The molecule has 0 radical (unpaired) electrons. The van der Waals surface area contributed by atoms with Gasteiger partial charge in [-0.3, -0.25) is 4.55 Å². The molecule has 1 aromatic rings. The molecule has 0 spiro atoms. The van der Waals surface area contributed by atoms with Crippen LogP contribution in [0.5, 0.6) is 0 Å². The van der Waals surface area contributed by atoms with Crippen LogP contribution in [0.2, 0.25) is 13.1 Å². The molecule has 78 valence electrons. The smallest absolute Gasteiger partial charge is 0.227 e. The molecular weight excluding hydrogens is 216 g/mol. The number of benzene rings is 1. The summed E-state index contributed by atoms with van der Waals surface area (Å²) in [6, 6.07) is 9.81. The summed E-state index contributed by atoms with van der Waals surface area (Å²) in [6.07, 6.45) is 0. The lowest BCUT2D eigenvalue weighted by Gasteiger charge is -2.17. The summed E-state index contributed by atoms with van der Waals surface area (Å²) >= 11 is 0. The standard InChI is InChI=1S/C9H14O3SSi/c1-14(2,13(10,11)12)8-9-6-4-3-5-7-9/h3-7H,8H2,1-2H3,(H,10,11,12). The van der Waals surface area contributed by atoms with E-state index in [2.05, 4.69) is 0 Å². The van der Waals surface area contributed by atoms with Crippen molar-refractivity contribution in [3.05, 3.63) is 35.9 Å². The first-order chi connectivity index (χ1) is 6.33. The van der Waals surface area contributed by atoms with Crippen molar-refractivity contribution in [2.24, 2.45) is 0 Å². The number of hydrogen-bond donors (Lipinski definition) is 1. The van der Waals surface area contributed by atoms with Crippen LogP contribution in [0.3, 0.4) is 0 Å². The van der Waals surface area contributed by atoms with Crippen LogP contribution in [-0.4, -0.2) is 20.2 Å². The minimum atomic E-state index is -3.86. The molecule has 0 aliphatic rings. The first-order valence-electron chi connectivity index (χ1n) is 4.34. The van der Waals surface area contributed by atoms with Gasteiger partial charge in [0, 0.05) is 0 Å². The van der Waals surface area contributed by atoms with Gasteiger partial charge in [0.05, 0.1) is 0 Å². The quantitative estimate of drug-likeness (QED) is 0.637. The van der Waals surface area contributed by atoms with Gasteiger partial charge in [0.25, 0.3) is 0 Å². The highest BCUT2D eigenvalue weighted by Crippen LogP contribution is 2.16. The highest BCUT2D eigenvalue weighted by molar-refractivity contribution is 8.17. The Morgan fingerprint density at radius 3 is 2.14 bits per heavy atom. The van der Waals surface area contributed by atoms with Crippen LogP contribution in [0.15, 0.2) is 30.3 Å². The first kappa shape index (κ1) is 11.4. The maximum absolute atomic E-state index is 11.1. The van der Waals surface area contributed by atoms with Gasteiger partial charge < -0.3 is 0 Å². The van der Waals surface area contributed by atoms with E-state index in [1.807, 2.05) is 30.3 Å². The summed E-state index contributed by atoms with van der Waals surface area (Å²) in [5.41, 5.74) is 0.960. The molecule has 0 aliphatic heterocycles. The fourth-order valence-electron chi connectivity index (χ4n) is 1.18. The normalized spacial score (nSPS) is 12.8. The second-order valence-electron chi connectivity index (χ2n) is 3.90. The lowest BCUT2D eigenvalue weighted by Crippen LogP contribution is -2.39. The highest BCUT2D eigenvalue weighted by atomic mass is 32.4. The topological polar surface area (TPSA) is 54.4 Å². The molecule has 3 nitrogen and oxygen atoms in total. The lowest BCUT2D eigenvalue weighted by molar-refractivity contribution is 0.498. The third-order valence-electron chi connectivity index (χ3n) is 2.17. The van der Waals surface area contributed by atoms with E-state index in [4.69, 9.17) is 4.55 Å². The molecule has 1 aromatic carbocycles. The van der Waals surface area contributed by atoms with Crippen molar-refractivity contribution in [2.75, 3.05) is 0 Å². The second-order valence-corrected chi connectivity index (χ2v) is 13.6. The van der Waals surface area contributed by atoms with Gasteiger partial charge in [-0.05, 0) is 11.6 Å². The molecule has 0 saturated heterocycles. The van der Waals surface area contributed by atoms with Crippen LogP contribution in [0.1, 0.15) is 5.56 Å². The van der Waals surface area contributed by atoms with Crippen molar-refractivity contribution < 1.29 is 13.0 Å². The van der Waals surface area contributed by atoms with Crippen molar-refractivity contribution in [3.8, 4) is 0 Å². The van der Waals surface area contributed by atoms with Gasteiger partial charge in [-0.2, -0.15) is 0 Å². The summed E-state index contributed by atoms with van der Waals surface area (Å²) in [4.78, 5) is 0. The molecule has 0 aliphatic carbocycles. The van der Waals surface area contributed by atoms with Crippen LogP contribution in [0.4, 0.5) is 0 Å². The van der Waals surface area contributed by atoms with Gasteiger partial charge >= 0.3 is 0 Å². The maximum atomic E-state index is 11.1. The van der Waals surface area contributed by atoms with Gasteiger partial charge in [-0.1, -0.05) is 43.4 Å². The molecule has 5 heteroatoms. The average Bonchev–Trinajstić information content (AvgIpc) is 2.03. The molecule has 0 amide bonds. The fraction of sp³-hybridized carbons (Fsp3) is 0.333. The molecule has 1 rings (SSSR count). The SMILES string of the molecule is C[Si](C)(Cc1ccccc1)S(=O)(=O)O. The van der Waals surface area contributed by atoms with Gasteiger partial charge in [0.15, 0.2) is 0 Å². The van der Waals surface area contributed by atoms with Gasteiger partial charge in [0.2, 0.25) is 16.8 Å². The minimum absolute atomic E-state index is 0.451. The first-order valence-corrected chi connectivity index (χ1v) is 9.71. The van der Waals surface area contributed by atoms with Crippen molar-refractivity contribution in [1.82, 2.24) is 0 Å². The fourth-order valence-corrected chi connectivity index (χ4v) is 3.63. The minimum Gasteiger partial charge on any atom is -0.291 e. The lowest BCUT2D eigenvalue weighted by atomic mass is 10.2. The summed E-state index contributed by atoms with van der Waals surface area (Å²) in [6.45, 7) is 3.30. The monoisotopic (exact) mass is 230 g/mol. The van der Waals surface area contributed by atoms with Crippen LogP contribution >= 0.6 is 0 Å². The van der Waals surface area contributed by atoms with E-state index >= 15 is 0 Å². The van der Waals surface area contributed by atoms with E-state index in [1.165, 1.54) is 0 Å². The van der Waals surface area contributed by atoms with E-state index in [0.29, 0.717) is 6.04 Å². The Hall–Kier alpha value is -0.653. The largest absolute Gasteiger partial charge is 0.291 e. The summed E-state index contributed by atoms with van der Waals surface area (Å²) in [5, 5.41) is 0. The number of hydrogen-bond acceptors (Lipinski definition) is 2. The summed E-state index contributed by atoms with van der Waals surface area (Å²) in [5.74, 6) is 0. The maximum Gasteiger partial charge on any atom is 0.227 e. The zero-order valence-corrected chi connectivity index (χ0v) is 10.1. The van der Waals surface area contributed by atoms with Crippen LogP contribution in [-0.2, 0) is 15.6 Å². The molecule has 0 unspecified atom stereocenters. The van der Waals surface area contributed by atoms with E-state index in [9.17, 15) is 8.42 Å². The highest BCUT2D eigenvalue weighted by Gasteiger charge is 2.36. The molecular formula is C9H14O3SSi. The van der Waals surface area contributed by atoms with Gasteiger partial charge in [0.1, 0.15) is 0 Å². The van der Waals surface area contributed by atoms with E-state index in [-0.39, 0.29) is 0 Å². The van der Waals surface area contributed by atoms with E-state index in [0.717, 1.165) is 5.56 Å². The molecule has 1 N–H and O–H groups in total. The molecule has 0 aromatic heterocycles. The predicted octanol–water partition coefficient (Wildman–Crippen LogP) is 1.86. The molecule has 0 atom stereocenters. The molecule has 0 heterocycles. The molecule has 0 bridgehead atoms. The average molecular weight is 230 g/mol. The Bertz CT molecular complexity index is 397. The van der Waals surface area contributed by atoms with Crippen LogP contribution in [0, 0.1) is 0 Å². The van der Waals surface area contributed by atoms with E-state index < -0.39 is 16.8 Å². The Morgan fingerprint density at radius 2 is 1.71 bits per heavy atom. The molecule has 0 fully saturated rings. The third-order valence-corrected chi connectivity index (χ3v) is 9.45. The van der Waals surface area contributed by atoms with E-state index in [1.54, 1.807) is 13.1 Å². The Labute approximate surface area is 85.2 Å². The van der Waals surface area contributed by atoms with Crippen molar-refractivity contribution in [2.45, 2.75) is 19.1 Å². The van der Waals surface area contributed by atoms with Crippen molar-refractivity contribution in [1.29, 1.82) is 0 Å². The van der Waals surface area contributed by atoms with Crippen LogP contribution < -0.4 is 0 Å². The Balaban J connectivity index is 2.90. The summed E-state index contributed by atoms with van der Waals surface area (Å²) in [7, 11) is -6.48. The Morgan fingerprint density at radius 1 is 1.21 bits per heavy atom.